The minimum Gasteiger partial charge on any atom is -0.350 e. The van der Waals surface area contributed by atoms with Crippen molar-refractivity contribution in [1.82, 2.24) is 4.57 Å². The molecule has 0 aliphatic rings. The summed E-state index contributed by atoms with van der Waals surface area (Å²) >= 11 is 6.20. The quantitative estimate of drug-likeness (QED) is 0.670. The van der Waals surface area contributed by atoms with Gasteiger partial charge in [-0.2, -0.15) is 0 Å². The van der Waals surface area contributed by atoms with Crippen molar-refractivity contribution in [3.05, 3.63) is 70.9 Å². The van der Waals surface area contributed by atoms with Crippen molar-refractivity contribution in [2.24, 2.45) is 7.05 Å². The first kappa shape index (κ1) is 18.0. The van der Waals surface area contributed by atoms with E-state index >= 15 is 0 Å². The monoisotopic (exact) mass is 366 g/mol. The van der Waals surface area contributed by atoms with Gasteiger partial charge in [-0.3, -0.25) is 9.59 Å². The van der Waals surface area contributed by atoms with Gasteiger partial charge in [0.1, 0.15) is 5.78 Å². The first-order chi connectivity index (χ1) is 12.4. The average Bonchev–Trinajstić information content (AvgIpc) is 2.92. The van der Waals surface area contributed by atoms with E-state index in [-0.39, 0.29) is 11.7 Å². The van der Waals surface area contributed by atoms with Crippen LogP contribution in [0.15, 0.2) is 54.7 Å². The van der Waals surface area contributed by atoms with Crippen LogP contribution >= 0.6 is 11.6 Å². The molecule has 0 fully saturated rings. The molecule has 3 rings (SSSR count). The van der Waals surface area contributed by atoms with Gasteiger partial charge in [0.25, 0.3) is 0 Å². The number of hydrogen-bond acceptors (Lipinski definition) is 2. The van der Waals surface area contributed by atoms with E-state index in [1.807, 2.05) is 42.1 Å². The molecule has 3 aromatic rings. The van der Waals surface area contributed by atoms with E-state index in [0.717, 1.165) is 22.0 Å². The third-order valence-electron chi connectivity index (χ3n) is 4.09. The molecule has 5 heteroatoms. The Kier molecular flexibility index (Phi) is 5.24. The maximum atomic E-state index is 12.2. The van der Waals surface area contributed by atoms with Gasteiger partial charge in [-0.05, 0) is 36.8 Å². The Labute approximate surface area is 157 Å². The Morgan fingerprint density at radius 2 is 1.96 bits per heavy atom. The third kappa shape index (κ3) is 4.03. The van der Waals surface area contributed by atoms with Crippen LogP contribution in [0.4, 0.5) is 5.69 Å². The molecule has 132 valence electrons. The number of Topliss-reactive ketones (excluding diaryl/α,β-unsaturated/α-hetero) is 1. The van der Waals surface area contributed by atoms with E-state index in [1.165, 1.54) is 13.0 Å². The molecule has 0 aliphatic carbocycles. The molecule has 1 heterocycles. The summed E-state index contributed by atoms with van der Waals surface area (Å²) in [6.45, 7) is 1.53. The molecule has 2 aromatic carbocycles. The van der Waals surface area contributed by atoms with Gasteiger partial charge < -0.3 is 9.88 Å². The number of nitrogens with zero attached hydrogens (tertiary/aromatic N) is 1. The number of aromatic nitrogens is 1. The molecule has 0 bridgehead atoms. The van der Waals surface area contributed by atoms with E-state index in [0.29, 0.717) is 17.1 Å². The van der Waals surface area contributed by atoms with Crippen molar-refractivity contribution in [2.75, 3.05) is 5.32 Å². The van der Waals surface area contributed by atoms with Crippen molar-refractivity contribution in [3.63, 3.8) is 0 Å². The number of rotatable bonds is 5. The average molecular weight is 367 g/mol. The molecule has 0 aliphatic heterocycles. The number of amides is 1. The number of anilines is 1. The van der Waals surface area contributed by atoms with Gasteiger partial charge in [0.15, 0.2) is 0 Å². The molecule has 0 radical (unpaired) electrons. The fourth-order valence-electron chi connectivity index (χ4n) is 2.90. The second kappa shape index (κ2) is 7.58. The summed E-state index contributed by atoms with van der Waals surface area (Å²) in [6.07, 6.45) is 5.59. The normalized spacial score (nSPS) is 11.2. The highest BCUT2D eigenvalue weighted by Gasteiger charge is 2.07. The molecule has 1 amide bonds. The Morgan fingerprint density at radius 3 is 2.69 bits per heavy atom. The number of carbonyl (C=O) groups is 2. The molecular weight excluding hydrogens is 348 g/mol. The van der Waals surface area contributed by atoms with E-state index < -0.39 is 0 Å². The zero-order chi connectivity index (χ0) is 18.7. The number of benzene rings is 2. The molecule has 0 atom stereocenters. The molecule has 0 unspecified atom stereocenters. The largest absolute Gasteiger partial charge is 0.350 e. The van der Waals surface area contributed by atoms with Crippen LogP contribution < -0.4 is 5.32 Å². The summed E-state index contributed by atoms with van der Waals surface area (Å²) in [6, 6.07) is 13.2. The summed E-state index contributed by atoms with van der Waals surface area (Å²) in [5, 5.41) is 4.27. The lowest BCUT2D eigenvalue weighted by Crippen LogP contribution is -2.08. The highest BCUT2D eigenvalue weighted by molar-refractivity contribution is 6.34. The van der Waals surface area contributed by atoms with Gasteiger partial charge in [-0.25, -0.2) is 0 Å². The van der Waals surface area contributed by atoms with Gasteiger partial charge in [0.05, 0.1) is 10.7 Å². The van der Waals surface area contributed by atoms with Gasteiger partial charge in [0, 0.05) is 42.2 Å². The predicted molar refractivity (Wildman–Crippen MR) is 106 cm³/mol. The molecule has 0 saturated heterocycles. The van der Waals surface area contributed by atoms with Crippen LogP contribution in [-0.4, -0.2) is 16.3 Å². The number of carbonyl (C=O) groups excluding carboxylic acids is 2. The van der Waals surface area contributed by atoms with Crippen molar-refractivity contribution >= 4 is 46.0 Å². The number of fused-ring (bicyclic) bond motifs is 1. The smallest absolute Gasteiger partial charge is 0.248 e. The van der Waals surface area contributed by atoms with Gasteiger partial charge in [-0.1, -0.05) is 35.9 Å². The zero-order valence-corrected chi connectivity index (χ0v) is 15.4. The maximum absolute atomic E-state index is 12.2. The first-order valence-corrected chi connectivity index (χ1v) is 8.63. The van der Waals surface area contributed by atoms with Crippen LogP contribution in [0.25, 0.3) is 17.0 Å². The zero-order valence-electron chi connectivity index (χ0n) is 14.6. The number of para-hydroxylation sites is 1. The first-order valence-electron chi connectivity index (χ1n) is 8.25. The Hall–Kier alpha value is -2.85. The standard InChI is InChI=1S/C21H19ClN2O2/c1-14(25)11-15-7-9-19(18(22)12-15)23-21(26)10-8-16-13-24(2)20-6-4-3-5-17(16)20/h3-10,12-13H,11H2,1-2H3,(H,23,26)/b10-8+. The van der Waals surface area contributed by atoms with Crippen LogP contribution in [0, 0.1) is 0 Å². The summed E-state index contributed by atoms with van der Waals surface area (Å²) < 4.78 is 2.03. The second-order valence-corrected chi connectivity index (χ2v) is 6.64. The topological polar surface area (TPSA) is 51.1 Å². The number of hydrogen-bond donors (Lipinski definition) is 1. The lowest BCUT2D eigenvalue weighted by atomic mass is 10.1. The Bertz CT molecular complexity index is 1020. The highest BCUT2D eigenvalue weighted by atomic mass is 35.5. The van der Waals surface area contributed by atoms with Gasteiger partial charge >= 0.3 is 0 Å². The Morgan fingerprint density at radius 1 is 1.19 bits per heavy atom. The van der Waals surface area contributed by atoms with Crippen molar-refractivity contribution in [2.45, 2.75) is 13.3 Å². The molecule has 1 N–H and O–H groups in total. The van der Waals surface area contributed by atoms with E-state index in [2.05, 4.69) is 5.32 Å². The highest BCUT2D eigenvalue weighted by Crippen LogP contribution is 2.24. The van der Waals surface area contributed by atoms with Gasteiger partial charge in [-0.15, -0.1) is 0 Å². The minimum absolute atomic E-state index is 0.0656. The summed E-state index contributed by atoms with van der Waals surface area (Å²) in [7, 11) is 1.97. The van der Waals surface area contributed by atoms with Crippen molar-refractivity contribution in [1.29, 1.82) is 0 Å². The van der Waals surface area contributed by atoms with E-state index in [4.69, 9.17) is 11.6 Å². The number of aryl methyl sites for hydroxylation is 1. The Balaban J connectivity index is 1.74. The number of halogens is 1. The number of nitrogens with one attached hydrogen (secondary N) is 1. The molecule has 1 aromatic heterocycles. The van der Waals surface area contributed by atoms with Crippen molar-refractivity contribution < 1.29 is 9.59 Å². The SMILES string of the molecule is CC(=O)Cc1ccc(NC(=O)/C=C/c2cn(C)c3ccccc23)c(Cl)c1. The number of ketones is 1. The van der Waals surface area contributed by atoms with Gasteiger partial charge in [0.2, 0.25) is 5.91 Å². The molecule has 26 heavy (non-hydrogen) atoms. The fourth-order valence-corrected chi connectivity index (χ4v) is 3.15. The van der Waals surface area contributed by atoms with E-state index in [9.17, 15) is 9.59 Å². The van der Waals surface area contributed by atoms with Crippen LogP contribution in [0.2, 0.25) is 5.02 Å². The summed E-state index contributed by atoms with van der Waals surface area (Å²) in [4.78, 5) is 23.4. The van der Waals surface area contributed by atoms with Crippen LogP contribution in [0.5, 0.6) is 0 Å². The fraction of sp³-hybridized carbons (Fsp3) is 0.143. The minimum atomic E-state index is -0.265. The lowest BCUT2D eigenvalue weighted by molar-refractivity contribution is -0.116. The maximum Gasteiger partial charge on any atom is 0.248 e. The molecule has 0 spiro atoms. The summed E-state index contributed by atoms with van der Waals surface area (Å²) in [5.74, 6) is -0.199. The summed E-state index contributed by atoms with van der Waals surface area (Å²) in [5.41, 5.74) is 3.43. The second-order valence-electron chi connectivity index (χ2n) is 6.23. The predicted octanol–water partition coefficient (Wildman–Crippen LogP) is 4.62. The molecular formula is C21H19ClN2O2. The molecule has 4 nitrogen and oxygen atoms in total. The third-order valence-corrected chi connectivity index (χ3v) is 4.40. The van der Waals surface area contributed by atoms with Crippen LogP contribution in [0.1, 0.15) is 18.1 Å². The van der Waals surface area contributed by atoms with Crippen LogP contribution in [0.3, 0.4) is 0 Å². The van der Waals surface area contributed by atoms with Crippen molar-refractivity contribution in [3.8, 4) is 0 Å². The van der Waals surface area contributed by atoms with Crippen LogP contribution in [-0.2, 0) is 23.1 Å². The van der Waals surface area contributed by atoms with E-state index in [1.54, 1.807) is 24.3 Å². The lowest BCUT2D eigenvalue weighted by Gasteiger charge is -2.07. The molecule has 0 saturated carbocycles.